The molecule has 0 fully saturated rings. The molecule has 0 aliphatic heterocycles. The number of esters is 1. The summed E-state index contributed by atoms with van der Waals surface area (Å²) in [5.74, 6) is 0.0958. The molecule has 4 aromatic rings. The molecule has 0 unspecified atom stereocenters. The molecule has 3 heterocycles. The van der Waals surface area contributed by atoms with E-state index in [-0.39, 0.29) is 18.2 Å². The Morgan fingerprint density at radius 3 is 2.88 bits per heavy atom. The van der Waals surface area contributed by atoms with Crippen LogP contribution in [0.25, 0.3) is 10.7 Å². The number of hydrogen-bond acceptors (Lipinski definition) is 8. The molecule has 0 saturated carbocycles. The van der Waals surface area contributed by atoms with Gasteiger partial charge >= 0.3 is 5.97 Å². The van der Waals surface area contributed by atoms with Crippen molar-refractivity contribution < 1.29 is 14.1 Å². The zero-order chi connectivity index (χ0) is 17.8. The van der Waals surface area contributed by atoms with Crippen molar-refractivity contribution in [1.82, 2.24) is 25.1 Å². The van der Waals surface area contributed by atoms with Crippen LogP contribution in [0.4, 0.5) is 0 Å². The van der Waals surface area contributed by atoms with E-state index in [9.17, 15) is 4.79 Å². The van der Waals surface area contributed by atoms with E-state index in [1.165, 1.54) is 11.3 Å². The SMILES string of the molecule is O=C(OCc1nc(-c2cccs2)no1)c1cn(Cc2ccccc2)nn1. The summed E-state index contributed by atoms with van der Waals surface area (Å²) in [5, 5.41) is 13.6. The van der Waals surface area contributed by atoms with Crippen molar-refractivity contribution in [2.24, 2.45) is 0 Å². The maximum absolute atomic E-state index is 12.1. The first-order valence-corrected chi connectivity index (χ1v) is 8.63. The molecule has 130 valence electrons. The number of thiophene rings is 1. The van der Waals surface area contributed by atoms with Gasteiger partial charge in [0, 0.05) is 0 Å². The summed E-state index contributed by atoms with van der Waals surface area (Å²) < 4.78 is 11.8. The zero-order valence-electron chi connectivity index (χ0n) is 13.5. The number of hydrogen-bond donors (Lipinski definition) is 0. The maximum atomic E-state index is 12.1. The molecule has 0 N–H and O–H groups in total. The van der Waals surface area contributed by atoms with Crippen LogP contribution in [0.5, 0.6) is 0 Å². The molecule has 0 spiro atoms. The van der Waals surface area contributed by atoms with Gasteiger partial charge in [-0.25, -0.2) is 9.48 Å². The van der Waals surface area contributed by atoms with Gasteiger partial charge in [-0.3, -0.25) is 0 Å². The zero-order valence-corrected chi connectivity index (χ0v) is 14.3. The minimum absolute atomic E-state index is 0.122. The van der Waals surface area contributed by atoms with Gasteiger partial charge in [0.15, 0.2) is 12.3 Å². The fraction of sp³-hybridized carbons (Fsp3) is 0.118. The molecule has 1 aromatic carbocycles. The molecule has 0 aliphatic rings. The van der Waals surface area contributed by atoms with Gasteiger partial charge in [0.2, 0.25) is 5.82 Å². The number of ether oxygens (including phenoxy) is 1. The lowest BCUT2D eigenvalue weighted by Gasteiger charge is -1.99. The lowest BCUT2D eigenvalue weighted by atomic mass is 10.2. The third-order valence-corrected chi connectivity index (χ3v) is 4.34. The van der Waals surface area contributed by atoms with Crippen molar-refractivity contribution in [3.8, 4) is 10.7 Å². The van der Waals surface area contributed by atoms with Gasteiger partial charge in [-0.1, -0.05) is 46.8 Å². The third kappa shape index (κ3) is 3.67. The minimum Gasteiger partial charge on any atom is -0.451 e. The average Bonchev–Trinajstić information content (AvgIpc) is 3.41. The Kier molecular flexibility index (Phi) is 4.52. The summed E-state index contributed by atoms with van der Waals surface area (Å²) in [6.07, 6.45) is 1.54. The molecule has 0 bridgehead atoms. The lowest BCUT2D eigenvalue weighted by Crippen LogP contribution is -2.06. The van der Waals surface area contributed by atoms with Gasteiger partial charge in [0.1, 0.15) is 0 Å². The van der Waals surface area contributed by atoms with Gasteiger partial charge in [-0.2, -0.15) is 4.98 Å². The topological polar surface area (TPSA) is 95.9 Å². The molecule has 0 radical (unpaired) electrons. The quantitative estimate of drug-likeness (QED) is 0.483. The molecule has 9 heteroatoms. The van der Waals surface area contributed by atoms with Crippen molar-refractivity contribution >= 4 is 17.3 Å². The number of carbonyl (C=O) groups excluding carboxylic acids is 1. The highest BCUT2D eigenvalue weighted by molar-refractivity contribution is 7.13. The van der Waals surface area contributed by atoms with Gasteiger partial charge < -0.3 is 9.26 Å². The van der Waals surface area contributed by atoms with E-state index in [1.54, 1.807) is 10.9 Å². The van der Waals surface area contributed by atoms with Crippen LogP contribution in [0.3, 0.4) is 0 Å². The molecule has 0 saturated heterocycles. The fourth-order valence-corrected chi connectivity index (χ4v) is 2.91. The van der Waals surface area contributed by atoms with Crippen LogP contribution in [-0.4, -0.2) is 31.1 Å². The van der Waals surface area contributed by atoms with Gasteiger partial charge in [0.05, 0.1) is 17.6 Å². The highest BCUT2D eigenvalue weighted by Gasteiger charge is 2.15. The Bertz CT molecular complexity index is 995. The lowest BCUT2D eigenvalue weighted by molar-refractivity contribution is 0.0422. The van der Waals surface area contributed by atoms with Crippen LogP contribution in [0.2, 0.25) is 0 Å². The van der Waals surface area contributed by atoms with E-state index < -0.39 is 5.97 Å². The number of aromatic nitrogens is 5. The van der Waals surface area contributed by atoms with Crippen molar-refractivity contribution in [3.05, 3.63) is 71.2 Å². The molecule has 3 aromatic heterocycles. The van der Waals surface area contributed by atoms with Crippen LogP contribution < -0.4 is 0 Å². The Morgan fingerprint density at radius 2 is 2.08 bits per heavy atom. The monoisotopic (exact) mass is 367 g/mol. The van der Waals surface area contributed by atoms with Gasteiger partial charge in [-0.15, -0.1) is 16.4 Å². The van der Waals surface area contributed by atoms with Crippen molar-refractivity contribution in [1.29, 1.82) is 0 Å². The molecular weight excluding hydrogens is 354 g/mol. The standard InChI is InChI=1S/C17H13N5O3S/c23-17(13-10-22(21-19-13)9-12-5-2-1-3-6-12)24-11-15-18-16(20-25-15)14-7-4-8-26-14/h1-8,10H,9,11H2. The van der Waals surface area contributed by atoms with E-state index in [1.807, 2.05) is 47.8 Å². The summed E-state index contributed by atoms with van der Waals surface area (Å²) in [5.41, 5.74) is 1.18. The first kappa shape index (κ1) is 16.2. The molecule has 0 atom stereocenters. The molecule has 26 heavy (non-hydrogen) atoms. The molecular formula is C17H13N5O3S. The maximum Gasteiger partial charge on any atom is 0.361 e. The molecule has 8 nitrogen and oxygen atoms in total. The van der Waals surface area contributed by atoms with Gasteiger partial charge in [-0.05, 0) is 17.0 Å². The van der Waals surface area contributed by atoms with Crippen LogP contribution >= 0.6 is 11.3 Å². The number of nitrogens with zero attached hydrogens (tertiary/aromatic N) is 5. The van der Waals surface area contributed by atoms with E-state index in [4.69, 9.17) is 9.26 Å². The van der Waals surface area contributed by atoms with E-state index >= 15 is 0 Å². The summed E-state index contributed by atoms with van der Waals surface area (Å²) in [6, 6.07) is 13.5. The van der Waals surface area contributed by atoms with E-state index in [0.29, 0.717) is 12.4 Å². The predicted octanol–water partition coefficient (Wildman–Crippen LogP) is 2.79. The van der Waals surface area contributed by atoms with Crippen LogP contribution in [0.15, 0.2) is 58.6 Å². The first-order valence-electron chi connectivity index (χ1n) is 7.75. The summed E-state index contributed by atoms with van der Waals surface area (Å²) in [6.45, 7) is 0.401. The number of benzene rings is 1. The summed E-state index contributed by atoms with van der Waals surface area (Å²) in [7, 11) is 0. The van der Waals surface area contributed by atoms with Crippen molar-refractivity contribution in [2.45, 2.75) is 13.2 Å². The Morgan fingerprint density at radius 1 is 1.19 bits per heavy atom. The normalized spacial score (nSPS) is 10.8. The summed E-state index contributed by atoms with van der Waals surface area (Å²) in [4.78, 5) is 17.2. The third-order valence-electron chi connectivity index (χ3n) is 3.47. The van der Waals surface area contributed by atoms with Crippen LogP contribution in [0, 0.1) is 0 Å². The largest absolute Gasteiger partial charge is 0.451 e. The van der Waals surface area contributed by atoms with Gasteiger partial charge in [0.25, 0.3) is 5.89 Å². The smallest absolute Gasteiger partial charge is 0.361 e. The van der Waals surface area contributed by atoms with E-state index in [2.05, 4.69) is 20.5 Å². The average molecular weight is 367 g/mol. The second kappa shape index (κ2) is 7.28. The molecule has 4 rings (SSSR count). The Hall–Kier alpha value is -3.33. The minimum atomic E-state index is -0.597. The number of carbonyl (C=O) groups is 1. The second-order valence-electron chi connectivity index (χ2n) is 5.35. The van der Waals surface area contributed by atoms with Crippen LogP contribution in [-0.2, 0) is 17.9 Å². The Labute approximate surface area is 152 Å². The van der Waals surface area contributed by atoms with Crippen molar-refractivity contribution in [3.63, 3.8) is 0 Å². The highest BCUT2D eigenvalue weighted by Crippen LogP contribution is 2.21. The predicted molar refractivity (Wildman–Crippen MR) is 92.3 cm³/mol. The number of rotatable bonds is 6. The second-order valence-corrected chi connectivity index (χ2v) is 6.30. The fourth-order valence-electron chi connectivity index (χ4n) is 2.26. The van der Waals surface area contributed by atoms with E-state index in [0.717, 1.165) is 10.4 Å². The molecule has 0 aliphatic carbocycles. The molecule has 0 amide bonds. The first-order chi connectivity index (χ1) is 12.8. The Balaban J connectivity index is 1.35. The van der Waals surface area contributed by atoms with Crippen LogP contribution in [0.1, 0.15) is 21.9 Å². The van der Waals surface area contributed by atoms with Crippen molar-refractivity contribution in [2.75, 3.05) is 0 Å². The summed E-state index contributed by atoms with van der Waals surface area (Å²) >= 11 is 1.50. The highest BCUT2D eigenvalue weighted by atomic mass is 32.1.